The number of methoxy groups -OCH3 is 1. The molecule has 0 heterocycles. The molecule has 0 radical (unpaired) electrons. The van der Waals surface area contributed by atoms with Crippen LogP contribution in [0.1, 0.15) is 24.8 Å². The third kappa shape index (κ3) is 2.01. The van der Waals surface area contributed by atoms with Crippen molar-refractivity contribution in [2.24, 2.45) is 5.41 Å². The van der Waals surface area contributed by atoms with E-state index in [0.29, 0.717) is 12.2 Å². The molecule has 1 saturated carbocycles. The normalized spacial score (nSPS) is 25.6. The highest BCUT2D eigenvalue weighted by atomic mass is 16.5. The van der Waals surface area contributed by atoms with Crippen molar-refractivity contribution in [2.75, 3.05) is 7.11 Å². The summed E-state index contributed by atoms with van der Waals surface area (Å²) in [5.41, 5.74) is 2.05. The number of carbonyl (C=O) groups is 1. The van der Waals surface area contributed by atoms with Crippen molar-refractivity contribution in [1.82, 2.24) is 0 Å². The van der Waals surface area contributed by atoms with Gasteiger partial charge >= 0.3 is 0 Å². The minimum Gasteiger partial charge on any atom is -0.501 e. The highest BCUT2D eigenvalue weighted by molar-refractivity contribution is 5.94. The van der Waals surface area contributed by atoms with Crippen LogP contribution >= 0.6 is 0 Å². The molecule has 1 fully saturated rings. The Morgan fingerprint density at radius 2 is 2.00 bits per heavy atom. The number of ether oxygens (including phenoxy) is 1. The number of benzene rings is 1. The highest BCUT2D eigenvalue weighted by Gasteiger charge is 2.45. The molecule has 0 amide bonds. The van der Waals surface area contributed by atoms with Gasteiger partial charge in [0.2, 0.25) is 0 Å². The van der Waals surface area contributed by atoms with Crippen molar-refractivity contribution >= 4 is 5.78 Å². The molecule has 0 aliphatic heterocycles. The Kier molecular flexibility index (Phi) is 3.02. The van der Waals surface area contributed by atoms with E-state index in [9.17, 15) is 4.79 Å². The zero-order chi connectivity index (χ0) is 13.3. The van der Waals surface area contributed by atoms with Gasteiger partial charge in [0.05, 0.1) is 18.3 Å². The molecule has 2 nitrogen and oxygen atoms in total. The smallest absolute Gasteiger partial charge is 0.147 e. The lowest BCUT2D eigenvalue weighted by Crippen LogP contribution is -2.30. The zero-order valence-corrected chi connectivity index (χ0v) is 11.2. The zero-order valence-electron chi connectivity index (χ0n) is 11.2. The van der Waals surface area contributed by atoms with Crippen LogP contribution in [0, 0.1) is 5.41 Å². The molecule has 1 unspecified atom stereocenters. The molecular formula is C17H18O2. The second-order valence-corrected chi connectivity index (χ2v) is 5.31. The van der Waals surface area contributed by atoms with Gasteiger partial charge < -0.3 is 4.74 Å². The Morgan fingerprint density at radius 3 is 2.74 bits per heavy atom. The van der Waals surface area contributed by atoms with Gasteiger partial charge in [-0.15, -0.1) is 0 Å². The number of allylic oxidation sites excluding steroid dienone is 3. The molecule has 0 bridgehead atoms. The van der Waals surface area contributed by atoms with Crippen molar-refractivity contribution in [3.8, 4) is 0 Å². The molecule has 2 heteroatoms. The number of hydrogen-bond donors (Lipinski definition) is 0. The molecule has 1 aromatic rings. The van der Waals surface area contributed by atoms with Crippen LogP contribution in [0.3, 0.4) is 0 Å². The van der Waals surface area contributed by atoms with Gasteiger partial charge in [-0.1, -0.05) is 42.0 Å². The minimum absolute atomic E-state index is 0.330. The molecule has 2 aliphatic rings. The molecule has 1 aromatic carbocycles. The first-order valence-corrected chi connectivity index (χ1v) is 6.77. The van der Waals surface area contributed by atoms with E-state index < -0.39 is 5.41 Å². The fourth-order valence-electron chi connectivity index (χ4n) is 3.21. The molecule has 3 rings (SSSR count). The molecule has 1 atom stereocenters. The van der Waals surface area contributed by atoms with Gasteiger partial charge in [0.1, 0.15) is 5.78 Å². The summed E-state index contributed by atoms with van der Waals surface area (Å²) in [4.78, 5) is 12.5. The van der Waals surface area contributed by atoms with Gasteiger partial charge in [0.25, 0.3) is 0 Å². The Balaban J connectivity index is 2.01. The molecule has 98 valence electrons. The van der Waals surface area contributed by atoms with Crippen LogP contribution < -0.4 is 0 Å². The Labute approximate surface area is 113 Å². The highest BCUT2D eigenvalue weighted by Crippen LogP contribution is 2.47. The van der Waals surface area contributed by atoms with Crippen LogP contribution in [-0.2, 0) is 16.0 Å². The number of hydrogen-bond acceptors (Lipinski definition) is 2. The third-order valence-corrected chi connectivity index (χ3v) is 4.24. The van der Waals surface area contributed by atoms with Gasteiger partial charge in [0, 0.05) is 12.8 Å². The Hall–Kier alpha value is -1.83. The average molecular weight is 254 g/mol. The number of carbonyl (C=O) groups excluding carboxylic acids is 1. The SMILES string of the molecule is COC1=CC2(Cc3ccccc3)C(=O)CCC2=CC1. The quantitative estimate of drug-likeness (QED) is 0.772. The fraction of sp³-hybridized carbons (Fsp3) is 0.353. The maximum absolute atomic E-state index is 12.5. The molecule has 0 saturated heterocycles. The Bertz CT molecular complexity index is 554. The molecule has 0 spiro atoms. The van der Waals surface area contributed by atoms with E-state index in [1.54, 1.807) is 7.11 Å². The van der Waals surface area contributed by atoms with Crippen molar-refractivity contribution in [3.63, 3.8) is 0 Å². The van der Waals surface area contributed by atoms with E-state index in [2.05, 4.69) is 24.3 Å². The molecule has 0 aromatic heterocycles. The lowest BCUT2D eigenvalue weighted by molar-refractivity contribution is -0.122. The van der Waals surface area contributed by atoms with E-state index in [-0.39, 0.29) is 0 Å². The predicted molar refractivity (Wildman–Crippen MR) is 74.6 cm³/mol. The van der Waals surface area contributed by atoms with Gasteiger partial charge in [-0.05, 0) is 24.5 Å². The number of fused-ring (bicyclic) bond motifs is 1. The van der Waals surface area contributed by atoms with Crippen LogP contribution in [0.2, 0.25) is 0 Å². The van der Waals surface area contributed by atoms with Gasteiger partial charge in [0.15, 0.2) is 0 Å². The molecule has 2 aliphatic carbocycles. The molecule has 19 heavy (non-hydrogen) atoms. The van der Waals surface area contributed by atoms with Crippen LogP contribution in [0.25, 0.3) is 0 Å². The number of Topliss-reactive ketones (excluding diaryl/α,β-unsaturated/α-hetero) is 1. The monoisotopic (exact) mass is 254 g/mol. The third-order valence-electron chi connectivity index (χ3n) is 4.24. The van der Waals surface area contributed by atoms with Crippen LogP contribution in [0.4, 0.5) is 0 Å². The van der Waals surface area contributed by atoms with Gasteiger partial charge in [-0.25, -0.2) is 0 Å². The van der Waals surface area contributed by atoms with Crippen LogP contribution in [0.15, 0.2) is 53.8 Å². The summed E-state index contributed by atoms with van der Waals surface area (Å²) in [6, 6.07) is 10.2. The maximum atomic E-state index is 12.5. The van der Waals surface area contributed by atoms with Gasteiger partial charge in [-0.2, -0.15) is 0 Å². The lowest BCUT2D eigenvalue weighted by atomic mass is 9.73. The average Bonchev–Trinajstić information content (AvgIpc) is 2.76. The van der Waals surface area contributed by atoms with Crippen LogP contribution in [0.5, 0.6) is 0 Å². The van der Waals surface area contributed by atoms with Crippen LogP contribution in [-0.4, -0.2) is 12.9 Å². The second kappa shape index (κ2) is 4.69. The standard InChI is InChI=1S/C17H18O2/c1-19-15-9-7-14-8-10-16(18)17(14,12-15)11-13-5-3-2-4-6-13/h2-7,12H,8-11H2,1H3. The second-order valence-electron chi connectivity index (χ2n) is 5.31. The first-order chi connectivity index (χ1) is 9.24. The topological polar surface area (TPSA) is 26.3 Å². The summed E-state index contributed by atoms with van der Waals surface area (Å²) in [7, 11) is 1.68. The summed E-state index contributed by atoms with van der Waals surface area (Å²) in [5.74, 6) is 1.24. The number of rotatable bonds is 3. The van der Waals surface area contributed by atoms with Crippen molar-refractivity contribution < 1.29 is 9.53 Å². The van der Waals surface area contributed by atoms with E-state index in [1.807, 2.05) is 18.2 Å². The molecule has 0 N–H and O–H groups in total. The van der Waals surface area contributed by atoms with Crippen molar-refractivity contribution in [1.29, 1.82) is 0 Å². The first-order valence-electron chi connectivity index (χ1n) is 6.77. The van der Waals surface area contributed by atoms with Crippen molar-refractivity contribution in [3.05, 3.63) is 59.4 Å². The lowest BCUT2D eigenvalue weighted by Gasteiger charge is -2.30. The summed E-state index contributed by atoms with van der Waals surface area (Å²) >= 11 is 0. The first kappa shape index (κ1) is 12.2. The van der Waals surface area contributed by atoms with Crippen molar-refractivity contribution in [2.45, 2.75) is 25.7 Å². The minimum atomic E-state index is -0.440. The van der Waals surface area contributed by atoms with E-state index in [1.165, 1.54) is 11.1 Å². The summed E-state index contributed by atoms with van der Waals surface area (Å²) in [5, 5.41) is 0. The van der Waals surface area contributed by atoms with E-state index in [4.69, 9.17) is 4.74 Å². The Morgan fingerprint density at radius 1 is 1.21 bits per heavy atom. The van der Waals surface area contributed by atoms with Gasteiger partial charge in [-0.3, -0.25) is 4.79 Å². The fourth-order valence-corrected chi connectivity index (χ4v) is 3.21. The summed E-state index contributed by atoms with van der Waals surface area (Å²) < 4.78 is 5.37. The maximum Gasteiger partial charge on any atom is 0.147 e. The summed E-state index contributed by atoms with van der Waals surface area (Å²) in [6.07, 6.45) is 7.38. The molecular weight excluding hydrogens is 236 g/mol. The van der Waals surface area contributed by atoms with E-state index >= 15 is 0 Å². The predicted octanol–water partition coefficient (Wildman–Crippen LogP) is 3.44. The number of ketones is 1. The van der Waals surface area contributed by atoms with E-state index in [0.717, 1.165) is 25.0 Å². The largest absolute Gasteiger partial charge is 0.501 e. The summed E-state index contributed by atoms with van der Waals surface area (Å²) in [6.45, 7) is 0.